The molecule has 0 aromatic heterocycles. The average molecular weight is 155 g/mol. The third kappa shape index (κ3) is 6.11. The van der Waals surface area contributed by atoms with E-state index in [2.05, 4.69) is 19.9 Å². The summed E-state index contributed by atoms with van der Waals surface area (Å²) in [6.45, 7) is 5.27. The van der Waals surface area contributed by atoms with E-state index in [1.807, 2.05) is 0 Å². The molecule has 0 aliphatic carbocycles. The summed E-state index contributed by atoms with van der Waals surface area (Å²) in [5, 5.41) is 0. The molecule has 0 rings (SSSR count). The van der Waals surface area contributed by atoms with Gasteiger partial charge in [-0.05, 0) is 32.2 Å². The van der Waals surface area contributed by atoms with Gasteiger partial charge in [-0.1, -0.05) is 31.9 Å². The summed E-state index contributed by atoms with van der Waals surface area (Å²) in [7, 11) is 0. The number of unbranched alkanes of at least 4 members (excludes halogenated alkanes) is 1. The second kappa shape index (κ2) is 7.80. The van der Waals surface area contributed by atoms with Crippen LogP contribution in [0.1, 0.15) is 46.0 Å². The van der Waals surface area contributed by atoms with E-state index in [4.69, 9.17) is 5.73 Å². The van der Waals surface area contributed by atoms with Gasteiger partial charge in [-0.25, -0.2) is 0 Å². The Morgan fingerprint density at radius 3 is 2.55 bits per heavy atom. The van der Waals surface area contributed by atoms with Crippen molar-refractivity contribution in [1.82, 2.24) is 0 Å². The highest BCUT2D eigenvalue weighted by Crippen LogP contribution is 2.10. The number of hydrogen-bond acceptors (Lipinski definition) is 1. The second-order valence-corrected chi connectivity index (χ2v) is 2.90. The summed E-state index contributed by atoms with van der Waals surface area (Å²) in [5.41, 5.74) is 7.00. The Kier molecular flexibility index (Phi) is 7.59. The second-order valence-electron chi connectivity index (χ2n) is 2.90. The lowest BCUT2D eigenvalue weighted by Gasteiger charge is -2.01. The van der Waals surface area contributed by atoms with Crippen LogP contribution in [0, 0.1) is 0 Å². The molecule has 66 valence electrons. The Morgan fingerprint density at radius 1 is 1.36 bits per heavy atom. The molecule has 0 heterocycles. The third-order valence-corrected chi connectivity index (χ3v) is 1.87. The van der Waals surface area contributed by atoms with Crippen LogP contribution in [0.25, 0.3) is 0 Å². The van der Waals surface area contributed by atoms with Crippen molar-refractivity contribution < 1.29 is 0 Å². The van der Waals surface area contributed by atoms with Gasteiger partial charge in [-0.2, -0.15) is 0 Å². The Hall–Kier alpha value is -0.300. The predicted octanol–water partition coefficient (Wildman–Crippen LogP) is 2.86. The summed E-state index contributed by atoms with van der Waals surface area (Å²) in [6.07, 6.45) is 8.39. The first-order chi connectivity index (χ1) is 5.35. The fourth-order valence-electron chi connectivity index (χ4n) is 1.17. The first-order valence-corrected chi connectivity index (χ1v) is 4.73. The maximum Gasteiger partial charge on any atom is -0.00743 e. The predicted molar refractivity (Wildman–Crippen MR) is 51.6 cm³/mol. The van der Waals surface area contributed by atoms with Gasteiger partial charge in [0.05, 0.1) is 0 Å². The van der Waals surface area contributed by atoms with Gasteiger partial charge in [0.1, 0.15) is 0 Å². The smallest absolute Gasteiger partial charge is 0.00743 e. The number of hydrogen-bond donors (Lipinski definition) is 1. The topological polar surface area (TPSA) is 26.0 Å². The SMILES string of the molecule is CCC/C(=C\CCCN)CC. The van der Waals surface area contributed by atoms with Gasteiger partial charge >= 0.3 is 0 Å². The van der Waals surface area contributed by atoms with E-state index in [1.165, 1.54) is 25.7 Å². The van der Waals surface area contributed by atoms with Crippen molar-refractivity contribution in [3.63, 3.8) is 0 Å². The molecule has 1 nitrogen and oxygen atoms in total. The number of rotatable bonds is 6. The van der Waals surface area contributed by atoms with E-state index >= 15 is 0 Å². The van der Waals surface area contributed by atoms with Crippen LogP contribution in [0.4, 0.5) is 0 Å². The van der Waals surface area contributed by atoms with Gasteiger partial charge in [0.25, 0.3) is 0 Å². The van der Waals surface area contributed by atoms with Crippen molar-refractivity contribution in [2.24, 2.45) is 5.73 Å². The minimum Gasteiger partial charge on any atom is -0.330 e. The van der Waals surface area contributed by atoms with Crippen LogP contribution in [0.3, 0.4) is 0 Å². The van der Waals surface area contributed by atoms with Crippen molar-refractivity contribution in [2.75, 3.05) is 6.54 Å². The standard InChI is InChI=1S/C10H21N/c1-3-7-10(4-2)8-5-6-9-11/h8H,3-7,9,11H2,1-2H3/b10-8-. The molecule has 0 unspecified atom stereocenters. The zero-order valence-electron chi connectivity index (χ0n) is 7.90. The first-order valence-electron chi connectivity index (χ1n) is 4.73. The van der Waals surface area contributed by atoms with E-state index in [-0.39, 0.29) is 0 Å². The van der Waals surface area contributed by atoms with Crippen LogP contribution in [-0.4, -0.2) is 6.54 Å². The zero-order chi connectivity index (χ0) is 8.53. The molecule has 0 fully saturated rings. The van der Waals surface area contributed by atoms with Gasteiger partial charge in [-0.3, -0.25) is 0 Å². The molecule has 0 aromatic rings. The molecule has 0 bridgehead atoms. The Balaban J connectivity index is 3.52. The van der Waals surface area contributed by atoms with Gasteiger partial charge in [0.15, 0.2) is 0 Å². The molecular weight excluding hydrogens is 134 g/mol. The molecule has 0 radical (unpaired) electrons. The molecule has 0 aliphatic rings. The summed E-state index contributed by atoms with van der Waals surface area (Å²) in [5.74, 6) is 0. The van der Waals surface area contributed by atoms with E-state index in [0.717, 1.165) is 13.0 Å². The maximum atomic E-state index is 5.40. The van der Waals surface area contributed by atoms with Crippen molar-refractivity contribution in [3.8, 4) is 0 Å². The van der Waals surface area contributed by atoms with Crippen LogP contribution in [-0.2, 0) is 0 Å². The van der Waals surface area contributed by atoms with Crippen molar-refractivity contribution in [2.45, 2.75) is 46.0 Å². The molecule has 0 amide bonds. The molecule has 11 heavy (non-hydrogen) atoms. The molecule has 0 aromatic carbocycles. The normalized spacial score (nSPS) is 12.1. The highest BCUT2D eigenvalue weighted by Gasteiger charge is 1.90. The summed E-state index contributed by atoms with van der Waals surface area (Å²) in [6, 6.07) is 0. The first kappa shape index (κ1) is 10.7. The average Bonchev–Trinajstić information content (AvgIpc) is 2.03. The highest BCUT2D eigenvalue weighted by atomic mass is 14.5. The van der Waals surface area contributed by atoms with Crippen LogP contribution >= 0.6 is 0 Å². The highest BCUT2D eigenvalue weighted by molar-refractivity contribution is 5.00. The van der Waals surface area contributed by atoms with Crippen molar-refractivity contribution >= 4 is 0 Å². The lowest BCUT2D eigenvalue weighted by atomic mass is 10.1. The monoisotopic (exact) mass is 155 g/mol. The summed E-state index contributed by atoms with van der Waals surface area (Å²) >= 11 is 0. The fourth-order valence-corrected chi connectivity index (χ4v) is 1.17. The van der Waals surface area contributed by atoms with Crippen LogP contribution in [0.2, 0.25) is 0 Å². The molecule has 0 aliphatic heterocycles. The summed E-state index contributed by atoms with van der Waals surface area (Å²) in [4.78, 5) is 0. The minimum absolute atomic E-state index is 0.819. The van der Waals surface area contributed by atoms with Crippen LogP contribution < -0.4 is 5.73 Å². The van der Waals surface area contributed by atoms with Gasteiger partial charge < -0.3 is 5.73 Å². The lowest BCUT2D eigenvalue weighted by molar-refractivity contribution is 0.812. The van der Waals surface area contributed by atoms with Gasteiger partial charge in [0, 0.05) is 0 Å². The molecule has 0 atom stereocenters. The Bertz CT molecular complexity index is 105. The molecular formula is C10H21N. The van der Waals surface area contributed by atoms with Crippen molar-refractivity contribution in [1.29, 1.82) is 0 Å². The zero-order valence-corrected chi connectivity index (χ0v) is 7.90. The largest absolute Gasteiger partial charge is 0.330 e. The quantitative estimate of drug-likeness (QED) is 0.463. The molecule has 0 spiro atoms. The molecule has 2 N–H and O–H groups in total. The molecule has 0 saturated carbocycles. The molecule has 1 heteroatoms. The van der Waals surface area contributed by atoms with E-state index in [1.54, 1.807) is 5.57 Å². The maximum absolute atomic E-state index is 5.40. The lowest BCUT2D eigenvalue weighted by Crippen LogP contribution is -1.96. The van der Waals surface area contributed by atoms with E-state index in [0.29, 0.717) is 0 Å². The molecule has 0 saturated heterocycles. The Morgan fingerprint density at radius 2 is 2.09 bits per heavy atom. The fraction of sp³-hybridized carbons (Fsp3) is 0.800. The summed E-state index contributed by atoms with van der Waals surface area (Å²) < 4.78 is 0. The van der Waals surface area contributed by atoms with Gasteiger partial charge in [-0.15, -0.1) is 0 Å². The van der Waals surface area contributed by atoms with Gasteiger partial charge in [0.2, 0.25) is 0 Å². The number of nitrogens with two attached hydrogens (primary N) is 1. The van der Waals surface area contributed by atoms with Crippen molar-refractivity contribution in [3.05, 3.63) is 11.6 Å². The van der Waals surface area contributed by atoms with E-state index < -0.39 is 0 Å². The third-order valence-electron chi connectivity index (χ3n) is 1.87. The van der Waals surface area contributed by atoms with Crippen LogP contribution in [0.5, 0.6) is 0 Å². The minimum atomic E-state index is 0.819. The Labute approximate surface area is 70.7 Å². The number of allylic oxidation sites excluding steroid dienone is 2. The van der Waals surface area contributed by atoms with E-state index in [9.17, 15) is 0 Å². The van der Waals surface area contributed by atoms with Crippen LogP contribution in [0.15, 0.2) is 11.6 Å².